The zero-order chi connectivity index (χ0) is 25.1. The molecule has 3 rings (SSSR count). The molecule has 1 aliphatic rings. The summed E-state index contributed by atoms with van der Waals surface area (Å²) in [6.07, 6.45) is 0. The second-order valence-corrected chi connectivity index (χ2v) is 10.0. The van der Waals surface area contributed by atoms with Gasteiger partial charge in [-0.1, -0.05) is 42.5 Å². The van der Waals surface area contributed by atoms with E-state index in [1.807, 2.05) is 30.3 Å². The molecule has 2 atom stereocenters. The number of primary amides is 1. The number of hydrogen-bond donors (Lipinski definition) is 5. The first-order valence-electron chi connectivity index (χ1n) is 10.6. The standard InChI is InChI=1S/C24H28FN5O3S/c1-23(2,3)29-21(32)17(15-9-11-16(25)12-10-15)24(19(26)18(20(27)31)30-34-24)22(33)28-13-14-7-5-4-6-8-14/h4-12,17,30H,13,26H2,1-3H3,(H2,27,31)(H,28,33)(H,29,32). The van der Waals surface area contributed by atoms with Gasteiger partial charge >= 0.3 is 0 Å². The molecular weight excluding hydrogens is 457 g/mol. The Labute approximate surface area is 201 Å². The van der Waals surface area contributed by atoms with E-state index < -0.39 is 39.7 Å². The third-order valence-corrected chi connectivity index (χ3v) is 6.50. The number of nitrogens with two attached hydrogens (primary N) is 2. The van der Waals surface area contributed by atoms with Crippen LogP contribution in [0.15, 0.2) is 66.0 Å². The summed E-state index contributed by atoms with van der Waals surface area (Å²) in [5.41, 5.74) is 12.1. The van der Waals surface area contributed by atoms with E-state index in [0.717, 1.165) is 17.5 Å². The maximum Gasteiger partial charge on any atom is 0.267 e. The van der Waals surface area contributed by atoms with E-state index in [2.05, 4.69) is 15.4 Å². The van der Waals surface area contributed by atoms with Crippen LogP contribution >= 0.6 is 11.9 Å². The Balaban J connectivity index is 2.14. The highest BCUT2D eigenvalue weighted by atomic mass is 32.2. The lowest BCUT2D eigenvalue weighted by atomic mass is 9.80. The van der Waals surface area contributed by atoms with E-state index in [9.17, 15) is 18.8 Å². The van der Waals surface area contributed by atoms with E-state index in [1.165, 1.54) is 24.3 Å². The van der Waals surface area contributed by atoms with Crippen LogP contribution in [0.25, 0.3) is 0 Å². The van der Waals surface area contributed by atoms with Crippen molar-refractivity contribution in [2.24, 2.45) is 11.5 Å². The van der Waals surface area contributed by atoms with Crippen molar-refractivity contribution in [1.29, 1.82) is 0 Å². The van der Waals surface area contributed by atoms with Gasteiger partial charge in [0, 0.05) is 12.1 Å². The lowest BCUT2D eigenvalue weighted by Crippen LogP contribution is -2.56. The third-order valence-electron chi connectivity index (χ3n) is 5.23. The predicted octanol–water partition coefficient (Wildman–Crippen LogP) is 1.79. The largest absolute Gasteiger partial charge is 0.399 e. The Morgan fingerprint density at radius 1 is 1.09 bits per heavy atom. The molecule has 2 unspecified atom stereocenters. The molecule has 0 spiro atoms. The van der Waals surface area contributed by atoms with Crippen molar-refractivity contribution in [2.75, 3.05) is 0 Å². The molecular formula is C24H28FN5O3S. The minimum absolute atomic E-state index is 0.157. The lowest BCUT2D eigenvalue weighted by Gasteiger charge is -2.36. The summed E-state index contributed by atoms with van der Waals surface area (Å²) in [6, 6.07) is 14.4. The van der Waals surface area contributed by atoms with Crippen molar-refractivity contribution in [1.82, 2.24) is 15.4 Å². The van der Waals surface area contributed by atoms with E-state index in [1.54, 1.807) is 20.8 Å². The summed E-state index contributed by atoms with van der Waals surface area (Å²) in [4.78, 5) is 39.4. The van der Waals surface area contributed by atoms with Gasteiger partial charge in [-0.15, -0.1) is 0 Å². The second-order valence-electron chi connectivity index (χ2n) is 8.98. The van der Waals surface area contributed by atoms with Gasteiger partial charge in [0.25, 0.3) is 5.91 Å². The minimum atomic E-state index is -1.77. The molecule has 34 heavy (non-hydrogen) atoms. The highest BCUT2D eigenvalue weighted by Crippen LogP contribution is 2.48. The second kappa shape index (κ2) is 9.76. The predicted molar refractivity (Wildman–Crippen MR) is 129 cm³/mol. The molecule has 8 nitrogen and oxygen atoms in total. The zero-order valence-corrected chi connectivity index (χ0v) is 20.0. The topological polar surface area (TPSA) is 139 Å². The molecule has 10 heteroatoms. The van der Waals surface area contributed by atoms with Crippen LogP contribution in [-0.4, -0.2) is 28.0 Å². The number of halogens is 1. The monoisotopic (exact) mass is 485 g/mol. The fourth-order valence-corrected chi connectivity index (χ4v) is 4.91. The molecule has 1 heterocycles. The average molecular weight is 486 g/mol. The van der Waals surface area contributed by atoms with Crippen LogP contribution in [0.2, 0.25) is 0 Å². The highest BCUT2D eigenvalue weighted by Gasteiger charge is 2.58. The molecule has 0 radical (unpaired) electrons. The quantitative estimate of drug-likeness (QED) is 0.379. The molecule has 0 saturated heterocycles. The van der Waals surface area contributed by atoms with Crippen LogP contribution in [0, 0.1) is 5.82 Å². The molecule has 180 valence electrons. The summed E-state index contributed by atoms with van der Waals surface area (Å²) in [7, 11) is 0. The molecule has 1 aliphatic heterocycles. The number of amides is 3. The maximum absolute atomic E-state index is 13.8. The molecule has 0 bridgehead atoms. The summed E-state index contributed by atoms with van der Waals surface area (Å²) >= 11 is 0.823. The van der Waals surface area contributed by atoms with Gasteiger partial charge in [-0.3, -0.25) is 14.4 Å². The van der Waals surface area contributed by atoms with Gasteiger partial charge in [-0.05, 0) is 56.0 Å². The van der Waals surface area contributed by atoms with Gasteiger partial charge < -0.3 is 26.8 Å². The summed E-state index contributed by atoms with van der Waals surface area (Å²) in [5, 5.41) is 5.71. The van der Waals surface area contributed by atoms with Gasteiger partial charge in [-0.25, -0.2) is 4.39 Å². The third kappa shape index (κ3) is 5.17. The van der Waals surface area contributed by atoms with Crippen molar-refractivity contribution >= 4 is 29.7 Å². The van der Waals surface area contributed by atoms with Crippen molar-refractivity contribution in [3.8, 4) is 0 Å². The van der Waals surface area contributed by atoms with Crippen molar-refractivity contribution in [3.63, 3.8) is 0 Å². The number of carbonyl (C=O) groups is 3. The summed E-state index contributed by atoms with van der Waals surface area (Å²) in [6.45, 7) is 5.55. The molecule has 0 saturated carbocycles. The van der Waals surface area contributed by atoms with Gasteiger partial charge in [-0.2, -0.15) is 0 Å². The van der Waals surface area contributed by atoms with Gasteiger partial charge in [0.05, 0.1) is 11.6 Å². The molecule has 3 amide bonds. The van der Waals surface area contributed by atoms with Crippen LogP contribution in [0.3, 0.4) is 0 Å². The fraction of sp³-hybridized carbons (Fsp3) is 0.292. The van der Waals surface area contributed by atoms with Crippen LogP contribution in [0.4, 0.5) is 4.39 Å². The molecule has 0 fully saturated rings. The smallest absolute Gasteiger partial charge is 0.267 e. The van der Waals surface area contributed by atoms with Crippen molar-refractivity contribution in [2.45, 2.75) is 43.5 Å². The number of carbonyl (C=O) groups excluding carboxylic acids is 3. The SMILES string of the molecule is CC(C)(C)NC(=O)C(c1ccc(F)cc1)C1(C(=O)NCc2ccccc2)SNC(C(N)=O)=C1N. The fourth-order valence-electron chi connectivity index (χ4n) is 3.70. The van der Waals surface area contributed by atoms with Gasteiger partial charge in [0.1, 0.15) is 11.5 Å². The highest BCUT2D eigenvalue weighted by molar-refractivity contribution is 8.00. The first kappa shape index (κ1) is 25.1. The van der Waals surface area contributed by atoms with Crippen LogP contribution in [0.5, 0.6) is 0 Å². The van der Waals surface area contributed by atoms with E-state index in [0.29, 0.717) is 5.56 Å². The van der Waals surface area contributed by atoms with Crippen LogP contribution < -0.4 is 26.8 Å². The minimum Gasteiger partial charge on any atom is -0.399 e. The number of benzene rings is 2. The molecule has 2 aromatic rings. The normalized spacial score (nSPS) is 18.7. The molecule has 0 aliphatic carbocycles. The Morgan fingerprint density at radius 3 is 2.24 bits per heavy atom. The maximum atomic E-state index is 13.8. The van der Waals surface area contributed by atoms with Gasteiger partial charge in [0.2, 0.25) is 11.8 Å². The molecule has 7 N–H and O–H groups in total. The van der Waals surface area contributed by atoms with Crippen LogP contribution in [0.1, 0.15) is 37.8 Å². The van der Waals surface area contributed by atoms with Gasteiger partial charge in [0.15, 0.2) is 4.75 Å². The first-order chi connectivity index (χ1) is 16.0. The Kier molecular flexibility index (Phi) is 7.21. The number of rotatable bonds is 7. The number of nitrogens with one attached hydrogen (secondary N) is 3. The summed E-state index contributed by atoms with van der Waals surface area (Å²) in [5.74, 6) is -3.69. The Morgan fingerprint density at radius 2 is 1.71 bits per heavy atom. The summed E-state index contributed by atoms with van der Waals surface area (Å²) < 4.78 is 14.7. The first-order valence-corrected chi connectivity index (χ1v) is 11.4. The van der Waals surface area contributed by atoms with Crippen LogP contribution in [-0.2, 0) is 20.9 Å². The molecule has 2 aromatic carbocycles. The van der Waals surface area contributed by atoms with Crippen molar-refractivity contribution in [3.05, 3.63) is 82.9 Å². The molecule has 0 aromatic heterocycles. The van der Waals surface area contributed by atoms with Crippen molar-refractivity contribution < 1.29 is 18.8 Å². The zero-order valence-electron chi connectivity index (χ0n) is 19.1. The Bertz CT molecular complexity index is 1120. The van der Waals surface area contributed by atoms with E-state index in [-0.39, 0.29) is 17.9 Å². The van der Waals surface area contributed by atoms with E-state index in [4.69, 9.17) is 11.5 Å². The Hall–Kier alpha value is -3.53. The lowest BCUT2D eigenvalue weighted by molar-refractivity contribution is -0.130. The number of hydrogen-bond acceptors (Lipinski definition) is 6. The van der Waals surface area contributed by atoms with E-state index >= 15 is 0 Å². The average Bonchev–Trinajstić information content (AvgIpc) is 3.11.